The molecule has 0 aromatic heterocycles. The minimum absolute atomic E-state index is 0.274. The van der Waals surface area contributed by atoms with Gasteiger partial charge in [0.1, 0.15) is 0 Å². The Kier molecular flexibility index (Phi) is 4.53. The van der Waals surface area contributed by atoms with Gasteiger partial charge in [-0.05, 0) is 48.3 Å². The van der Waals surface area contributed by atoms with Gasteiger partial charge in [-0.25, -0.2) is 0 Å². The maximum atomic E-state index is 12.1. The van der Waals surface area contributed by atoms with Crippen molar-refractivity contribution in [3.63, 3.8) is 0 Å². The van der Waals surface area contributed by atoms with E-state index in [2.05, 4.69) is 25.2 Å². The maximum absolute atomic E-state index is 12.1. The van der Waals surface area contributed by atoms with Gasteiger partial charge in [0.15, 0.2) is 5.60 Å². The first-order valence-electron chi connectivity index (χ1n) is 6.82. The van der Waals surface area contributed by atoms with E-state index in [1.54, 1.807) is 11.8 Å². The molecule has 1 saturated heterocycles. The lowest BCUT2D eigenvalue weighted by Crippen LogP contribution is -2.42. The summed E-state index contributed by atoms with van der Waals surface area (Å²) in [7, 11) is 0. The van der Waals surface area contributed by atoms with Gasteiger partial charge >= 0.3 is 0 Å². The maximum Gasteiger partial charge on any atom is 0.257 e. The van der Waals surface area contributed by atoms with Crippen LogP contribution in [0.1, 0.15) is 31.4 Å². The number of hydrogen-bond acceptors (Lipinski definition) is 3. The van der Waals surface area contributed by atoms with Crippen LogP contribution < -0.4 is 5.32 Å². The van der Waals surface area contributed by atoms with Crippen molar-refractivity contribution in [1.82, 2.24) is 0 Å². The van der Waals surface area contributed by atoms with Gasteiger partial charge in [0.05, 0.1) is 0 Å². The molecule has 1 atom stereocenters. The fraction of sp³-hybridized carbons (Fsp3) is 0.533. The first-order chi connectivity index (χ1) is 9.09. The van der Waals surface area contributed by atoms with Gasteiger partial charge in [-0.3, -0.25) is 4.79 Å². The Bertz CT molecular complexity index is 467. The lowest BCUT2D eigenvalue weighted by atomic mass is 10.0. The van der Waals surface area contributed by atoms with E-state index < -0.39 is 5.60 Å². The highest BCUT2D eigenvalue weighted by Crippen LogP contribution is 2.29. The van der Waals surface area contributed by atoms with Crippen LogP contribution in [0.2, 0.25) is 0 Å². The standard InChI is InChI=1S/C15H21NO2S/c1-3-11-5-6-13(9-12(11)4-2)16-14(17)15(18)7-8-19-10-15/h5-6,9,18H,3-4,7-8,10H2,1-2H3,(H,16,17). The van der Waals surface area contributed by atoms with E-state index in [4.69, 9.17) is 0 Å². The molecule has 0 saturated carbocycles. The third-order valence-electron chi connectivity index (χ3n) is 3.65. The molecule has 4 heteroatoms. The molecule has 1 aromatic carbocycles. The third kappa shape index (κ3) is 3.12. The first kappa shape index (κ1) is 14.4. The Labute approximate surface area is 118 Å². The molecular formula is C15H21NO2S. The summed E-state index contributed by atoms with van der Waals surface area (Å²) in [4.78, 5) is 12.1. The zero-order valence-corrected chi connectivity index (χ0v) is 12.3. The van der Waals surface area contributed by atoms with Crippen LogP contribution in [-0.4, -0.2) is 28.1 Å². The molecule has 19 heavy (non-hydrogen) atoms. The number of thioether (sulfide) groups is 1. The Morgan fingerprint density at radius 2 is 2.11 bits per heavy atom. The van der Waals surface area contributed by atoms with Gasteiger partial charge in [0.25, 0.3) is 5.91 Å². The number of nitrogens with one attached hydrogen (secondary N) is 1. The molecule has 3 nitrogen and oxygen atoms in total. The molecule has 0 aliphatic carbocycles. The van der Waals surface area contributed by atoms with Crippen molar-refractivity contribution in [2.45, 2.75) is 38.7 Å². The molecular weight excluding hydrogens is 258 g/mol. The summed E-state index contributed by atoms with van der Waals surface area (Å²) >= 11 is 1.62. The van der Waals surface area contributed by atoms with Gasteiger partial charge in [-0.2, -0.15) is 11.8 Å². The van der Waals surface area contributed by atoms with Gasteiger partial charge in [-0.15, -0.1) is 0 Å². The van der Waals surface area contributed by atoms with Gasteiger partial charge in [0.2, 0.25) is 0 Å². The summed E-state index contributed by atoms with van der Waals surface area (Å²) in [6, 6.07) is 5.99. The molecule has 1 aliphatic heterocycles. The molecule has 1 fully saturated rings. The first-order valence-corrected chi connectivity index (χ1v) is 7.98. The van der Waals surface area contributed by atoms with Crippen LogP contribution in [0.15, 0.2) is 18.2 Å². The van der Waals surface area contributed by atoms with Crippen LogP contribution in [0.5, 0.6) is 0 Å². The molecule has 0 bridgehead atoms. The normalized spacial score (nSPS) is 22.5. The van der Waals surface area contributed by atoms with E-state index in [1.807, 2.05) is 12.1 Å². The minimum atomic E-state index is -1.19. The minimum Gasteiger partial charge on any atom is -0.379 e. The van der Waals surface area contributed by atoms with Gasteiger partial charge < -0.3 is 10.4 Å². The topological polar surface area (TPSA) is 49.3 Å². The number of carbonyl (C=O) groups excluding carboxylic acids is 1. The zero-order valence-electron chi connectivity index (χ0n) is 11.5. The summed E-state index contributed by atoms with van der Waals surface area (Å²) < 4.78 is 0. The predicted octanol–water partition coefficient (Wildman–Crippen LogP) is 2.62. The molecule has 0 spiro atoms. The molecule has 1 heterocycles. The van der Waals surface area contributed by atoms with Gasteiger partial charge in [-0.1, -0.05) is 19.9 Å². The number of benzene rings is 1. The van der Waals surface area contributed by atoms with Crippen molar-refractivity contribution in [3.05, 3.63) is 29.3 Å². The number of aliphatic hydroxyl groups is 1. The van der Waals surface area contributed by atoms with Crippen molar-refractivity contribution >= 4 is 23.4 Å². The SMILES string of the molecule is CCc1ccc(NC(=O)C2(O)CCSC2)cc1CC. The Morgan fingerprint density at radius 1 is 1.37 bits per heavy atom. The Hall–Kier alpha value is -1.00. The second-order valence-electron chi connectivity index (χ2n) is 4.98. The summed E-state index contributed by atoms with van der Waals surface area (Å²) in [6.45, 7) is 4.24. The average molecular weight is 279 g/mol. The van der Waals surface area contributed by atoms with Crippen molar-refractivity contribution in [3.8, 4) is 0 Å². The van der Waals surface area contributed by atoms with Crippen LogP contribution in [0.4, 0.5) is 5.69 Å². The van der Waals surface area contributed by atoms with Crippen LogP contribution >= 0.6 is 11.8 Å². The van der Waals surface area contributed by atoms with Crippen molar-refractivity contribution < 1.29 is 9.90 Å². The van der Waals surface area contributed by atoms with Crippen LogP contribution in [0.25, 0.3) is 0 Å². The molecule has 0 radical (unpaired) electrons. The largest absolute Gasteiger partial charge is 0.379 e. The number of amides is 1. The highest BCUT2D eigenvalue weighted by atomic mass is 32.2. The number of aryl methyl sites for hydroxylation is 2. The van der Waals surface area contributed by atoms with Crippen molar-refractivity contribution in [2.75, 3.05) is 16.8 Å². The van der Waals surface area contributed by atoms with Gasteiger partial charge in [0, 0.05) is 11.4 Å². The van der Waals surface area contributed by atoms with Crippen molar-refractivity contribution in [2.24, 2.45) is 0 Å². The van der Waals surface area contributed by atoms with E-state index >= 15 is 0 Å². The molecule has 1 aromatic rings. The number of hydrogen-bond donors (Lipinski definition) is 2. The molecule has 2 rings (SSSR count). The monoisotopic (exact) mass is 279 g/mol. The lowest BCUT2D eigenvalue weighted by Gasteiger charge is -2.20. The highest BCUT2D eigenvalue weighted by Gasteiger charge is 2.39. The Morgan fingerprint density at radius 3 is 2.68 bits per heavy atom. The van der Waals surface area contributed by atoms with Crippen LogP contribution in [0, 0.1) is 0 Å². The molecule has 1 aliphatic rings. The van der Waals surface area contributed by atoms with Crippen molar-refractivity contribution in [1.29, 1.82) is 0 Å². The summed E-state index contributed by atoms with van der Waals surface area (Å²) in [5, 5.41) is 13.1. The summed E-state index contributed by atoms with van der Waals surface area (Å²) in [5.41, 5.74) is 2.16. The van der Waals surface area contributed by atoms with E-state index in [0.717, 1.165) is 24.3 Å². The van der Waals surface area contributed by atoms with E-state index in [-0.39, 0.29) is 5.91 Å². The molecule has 104 valence electrons. The number of carbonyl (C=O) groups is 1. The van der Waals surface area contributed by atoms with E-state index in [1.165, 1.54) is 11.1 Å². The lowest BCUT2D eigenvalue weighted by molar-refractivity contribution is -0.131. The fourth-order valence-electron chi connectivity index (χ4n) is 2.36. The fourth-order valence-corrected chi connectivity index (χ4v) is 3.60. The van der Waals surface area contributed by atoms with Crippen LogP contribution in [-0.2, 0) is 17.6 Å². The van der Waals surface area contributed by atoms with E-state index in [9.17, 15) is 9.90 Å². The third-order valence-corrected chi connectivity index (χ3v) is 4.82. The Balaban J connectivity index is 2.13. The van der Waals surface area contributed by atoms with Crippen LogP contribution in [0.3, 0.4) is 0 Å². The molecule has 1 unspecified atom stereocenters. The number of anilines is 1. The number of rotatable bonds is 4. The summed E-state index contributed by atoms with van der Waals surface area (Å²) in [5.74, 6) is 1.06. The predicted molar refractivity (Wildman–Crippen MR) is 80.7 cm³/mol. The zero-order chi connectivity index (χ0) is 13.9. The van der Waals surface area contributed by atoms with E-state index in [0.29, 0.717) is 12.2 Å². The highest BCUT2D eigenvalue weighted by molar-refractivity contribution is 7.99. The smallest absolute Gasteiger partial charge is 0.257 e. The summed E-state index contributed by atoms with van der Waals surface area (Å²) in [6.07, 6.45) is 2.49. The second-order valence-corrected chi connectivity index (χ2v) is 6.08. The second kappa shape index (κ2) is 5.97. The molecule has 1 amide bonds. The quantitative estimate of drug-likeness (QED) is 0.890. The molecule has 2 N–H and O–H groups in total. The average Bonchev–Trinajstić information content (AvgIpc) is 2.87.